The summed E-state index contributed by atoms with van der Waals surface area (Å²) in [6.45, 7) is 1.47. The van der Waals surface area contributed by atoms with Gasteiger partial charge in [0.25, 0.3) is 17.7 Å². The lowest BCUT2D eigenvalue weighted by Gasteiger charge is -2.56. The molecule has 1 aliphatic carbocycles. The van der Waals surface area contributed by atoms with Gasteiger partial charge in [-0.3, -0.25) is 39.1 Å². The van der Waals surface area contributed by atoms with Gasteiger partial charge in [-0.1, -0.05) is 11.6 Å². The molecular formula is C37H34ClFN8O6. The summed E-state index contributed by atoms with van der Waals surface area (Å²) in [5, 5.41) is 23.2. The number of fused-ring (bicyclic) bond motifs is 3. The fourth-order valence-electron chi connectivity index (χ4n) is 8.04. The van der Waals surface area contributed by atoms with Crippen LogP contribution < -0.4 is 20.3 Å². The smallest absolute Gasteiger partial charge is 0.272 e. The van der Waals surface area contributed by atoms with E-state index in [1.165, 1.54) is 6.07 Å². The Balaban J connectivity index is 0.831. The maximum atomic E-state index is 15.4. The summed E-state index contributed by atoms with van der Waals surface area (Å²) >= 11 is 6.12. The summed E-state index contributed by atoms with van der Waals surface area (Å²) in [7, 11) is 0. The molecule has 0 spiro atoms. The summed E-state index contributed by atoms with van der Waals surface area (Å²) in [5.74, 6) is -2.25. The number of anilines is 1. The predicted octanol–water partition coefficient (Wildman–Crippen LogP) is 3.13. The first-order valence-electron chi connectivity index (χ1n) is 17.6. The average molecular weight is 741 g/mol. The van der Waals surface area contributed by atoms with Crippen molar-refractivity contribution >= 4 is 47.0 Å². The highest BCUT2D eigenvalue weighted by molar-refractivity contribution is 6.31. The molecule has 272 valence electrons. The number of nitrogens with zero attached hydrogens (tertiary/aromatic N) is 6. The molecule has 0 radical (unpaired) electrons. The first-order valence-corrected chi connectivity index (χ1v) is 18.0. The number of carbonyl (C=O) groups excluding carboxylic acids is 5. The van der Waals surface area contributed by atoms with E-state index in [9.17, 15) is 24.0 Å². The van der Waals surface area contributed by atoms with Gasteiger partial charge in [-0.2, -0.15) is 5.26 Å². The van der Waals surface area contributed by atoms with Gasteiger partial charge >= 0.3 is 0 Å². The summed E-state index contributed by atoms with van der Waals surface area (Å²) in [4.78, 5) is 68.4. The molecule has 9 rings (SSSR count). The highest BCUT2D eigenvalue weighted by Crippen LogP contribution is 2.37. The van der Waals surface area contributed by atoms with Gasteiger partial charge in [0.15, 0.2) is 11.5 Å². The van der Waals surface area contributed by atoms with Crippen LogP contribution in [0.1, 0.15) is 87.3 Å². The molecular weight excluding hydrogens is 707 g/mol. The topological polar surface area (TPSA) is 178 Å². The molecule has 5 fully saturated rings. The third-order valence-corrected chi connectivity index (χ3v) is 11.2. The Morgan fingerprint density at radius 2 is 1.72 bits per heavy atom. The van der Waals surface area contributed by atoms with Crippen LogP contribution in [0, 0.1) is 17.1 Å². The quantitative estimate of drug-likeness (QED) is 0.325. The van der Waals surface area contributed by atoms with E-state index in [4.69, 9.17) is 21.6 Å². The first-order chi connectivity index (χ1) is 25.6. The van der Waals surface area contributed by atoms with Crippen LogP contribution in [0.4, 0.5) is 10.2 Å². The Morgan fingerprint density at radius 1 is 0.981 bits per heavy atom. The minimum absolute atomic E-state index is 0.00197. The Kier molecular flexibility index (Phi) is 9.03. The van der Waals surface area contributed by atoms with E-state index in [-0.39, 0.29) is 71.9 Å². The zero-order valence-electron chi connectivity index (χ0n) is 28.4. The molecule has 2 N–H and O–H groups in total. The molecule has 1 aromatic heterocycles. The molecule has 2 aromatic carbocycles. The van der Waals surface area contributed by atoms with Gasteiger partial charge in [0, 0.05) is 55.8 Å². The number of carbonyl (C=O) groups is 5. The monoisotopic (exact) mass is 740 g/mol. The average Bonchev–Trinajstić information content (AvgIpc) is 3.38. The molecule has 5 amide bonds. The van der Waals surface area contributed by atoms with Gasteiger partial charge in [-0.15, -0.1) is 10.2 Å². The minimum Gasteiger partial charge on any atom is -0.490 e. The summed E-state index contributed by atoms with van der Waals surface area (Å²) in [6.07, 6.45) is 3.90. The van der Waals surface area contributed by atoms with Crippen LogP contribution in [0.5, 0.6) is 5.75 Å². The summed E-state index contributed by atoms with van der Waals surface area (Å²) < 4.78 is 21.4. The lowest BCUT2D eigenvalue weighted by Crippen LogP contribution is -2.68. The minimum atomic E-state index is -1.12. The number of piperidine rings is 2. The van der Waals surface area contributed by atoms with Crippen molar-refractivity contribution < 1.29 is 33.1 Å². The maximum absolute atomic E-state index is 15.4. The fraction of sp³-hybridized carbons (Fsp3) is 0.405. The number of ether oxygens (including phenoxy) is 1. The van der Waals surface area contributed by atoms with Crippen LogP contribution in [-0.2, 0) is 16.1 Å². The summed E-state index contributed by atoms with van der Waals surface area (Å²) in [5.41, 5.74) is 0.863. The zero-order chi connectivity index (χ0) is 37.0. The molecule has 3 unspecified atom stereocenters. The van der Waals surface area contributed by atoms with E-state index < -0.39 is 35.5 Å². The first kappa shape index (κ1) is 34.6. The molecule has 6 heterocycles. The second kappa shape index (κ2) is 13.8. The molecule has 1 saturated carbocycles. The normalized spacial score (nSPS) is 25.3. The third kappa shape index (κ3) is 6.57. The van der Waals surface area contributed by atoms with Crippen molar-refractivity contribution in [1.82, 2.24) is 30.6 Å². The Morgan fingerprint density at radius 3 is 2.38 bits per heavy atom. The number of benzene rings is 2. The van der Waals surface area contributed by atoms with E-state index in [2.05, 4.69) is 30.6 Å². The number of piperazine rings is 1. The number of amides is 5. The fourth-order valence-corrected chi connectivity index (χ4v) is 8.25. The molecule has 16 heteroatoms. The molecule has 14 nitrogen and oxygen atoms in total. The van der Waals surface area contributed by atoms with E-state index in [1.54, 1.807) is 30.3 Å². The van der Waals surface area contributed by atoms with Crippen LogP contribution in [-0.4, -0.2) is 92.9 Å². The van der Waals surface area contributed by atoms with E-state index >= 15 is 4.39 Å². The van der Waals surface area contributed by atoms with Gasteiger partial charge in [0.05, 0.1) is 27.8 Å². The second-order valence-corrected chi connectivity index (χ2v) is 14.6. The van der Waals surface area contributed by atoms with Crippen LogP contribution in [0.3, 0.4) is 0 Å². The third-order valence-electron chi connectivity index (χ3n) is 10.9. The zero-order valence-corrected chi connectivity index (χ0v) is 29.1. The van der Waals surface area contributed by atoms with Crippen LogP contribution in [0.25, 0.3) is 0 Å². The second-order valence-electron chi connectivity index (χ2n) is 14.2. The lowest BCUT2D eigenvalue weighted by molar-refractivity contribution is -0.136. The summed E-state index contributed by atoms with van der Waals surface area (Å²) in [6, 6.07) is 12.0. The molecule has 3 atom stereocenters. The van der Waals surface area contributed by atoms with Gasteiger partial charge in [-0.25, -0.2) is 4.39 Å². The predicted molar refractivity (Wildman–Crippen MR) is 185 cm³/mol. The van der Waals surface area contributed by atoms with Crippen LogP contribution in [0.15, 0.2) is 42.5 Å². The number of imide groups is 2. The molecule has 3 aromatic rings. The molecule has 4 saturated heterocycles. The van der Waals surface area contributed by atoms with Crippen molar-refractivity contribution in [1.29, 1.82) is 5.26 Å². The number of nitriles is 1. The Bertz CT molecular complexity index is 2070. The number of nitrogens with one attached hydrogen (secondary N) is 2. The van der Waals surface area contributed by atoms with Crippen molar-refractivity contribution in [3.8, 4) is 11.8 Å². The number of halogens is 2. The van der Waals surface area contributed by atoms with Gasteiger partial charge in [-0.05, 0) is 74.9 Å². The Hall–Kier alpha value is -5.46. The largest absolute Gasteiger partial charge is 0.490 e. The number of hydrogen-bond donors (Lipinski definition) is 2. The molecule has 53 heavy (non-hydrogen) atoms. The van der Waals surface area contributed by atoms with Crippen LogP contribution >= 0.6 is 11.6 Å². The standard InChI is InChI=1S/C37H34ClFN8O6/c38-28-13-25(4-1-19(28)15-40)53-24-5-2-21(3-6-24)41-34(49)30-7-9-32(44-43-30)45-17-22-12-23(18-45)46(22)16-20-11-26-27(14-29(20)39)37(52)47(36(26)51)31-8-10-33(48)42-35(31)50/h1,4,7,9,11,13-14,21-24,31H,2-3,5-6,8,10,12,16-18H2,(H,41,49)(H,42,48,50). The van der Waals surface area contributed by atoms with Gasteiger partial charge < -0.3 is 15.0 Å². The Labute approximate surface area is 308 Å². The van der Waals surface area contributed by atoms with Crippen LogP contribution in [0.2, 0.25) is 5.02 Å². The SMILES string of the molecule is N#Cc1ccc(OC2CCC(NC(=O)c3ccc(N4CC5CC(C4)N5Cc4cc5c(cc4F)C(=O)N(C4CCC(=O)NC4=O)C5=O)nn3)CC2)cc1Cl. The van der Waals surface area contributed by atoms with Gasteiger partial charge in [0.2, 0.25) is 11.8 Å². The maximum Gasteiger partial charge on any atom is 0.272 e. The van der Waals surface area contributed by atoms with E-state index in [0.29, 0.717) is 35.2 Å². The highest BCUT2D eigenvalue weighted by Gasteiger charge is 2.47. The van der Waals surface area contributed by atoms with E-state index in [1.807, 2.05) is 6.07 Å². The molecule has 5 aliphatic heterocycles. The number of aromatic nitrogens is 2. The van der Waals surface area contributed by atoms with Gasteiger partial charge in [0.1, 0.15) is 23.7 Å². The van der Waals surface area contributed by atoms with Crippen molar-refractivity contribution in [3.05, 3.63) is 81.3 Å². The molecule has 2 bridgehead atoms. The molecule has 6 aliphatic rings. The number of rotatable bonds is 8. The van der Waals surface area contributed by atoms with Crippen molar-refractivity contribution in [2.75, 3.05) is 18.0 Å². The van der Waals surface area contributed by atoms with Crippen molar-refractivity contribution in [2.24, 2.45) is 0 Å². The van der Waals surface area contributed by atoms with E-state index in [0.717, 1.165) is 43.1 Å². The van der Waals surface area contributed by atoms with Crippen molar-refractivity contribution in [3.63, 3.8) is 0 Å². The van der Waals surface area contributed by atoms with Crippen molar-refractivity contribution in [2.45, 2.75) is 81.8 Å². The highest BCUT2D eigenvalue weighted by atomic mass is 35.5. The number of hydrogen-bond acceptors (Lipinski definition) is 11. The lowest BCUT2D eigenvalue weighted by atomic mass is 9.86.